The molecule has 0 amide bonds. The Labute approximate surface area is 273 Å². The number of pyridine rings is 1. The van der Waals surface area contributed by atoms with Gasteiger partial charge in [-0.3, -0.25) is 9.78 Å². The van der Waals surface area contributed by atoms with Crippen LogP contribution in [0.1, 0.15) is 78.4 Å². The van der Waals surface area contributed by atoms with E-state index in [4.69, 9.17) is 9.40 Å². The summed E-state index contributed by atoms with van der Waals surface area (Å²) in [5.41, 5.74) is 5.67. The normalized spacial score (nSPS) is 12.6. The van der Waals surface area contributed by atoms with Crippen molar-refractivity contribution in [2.75, 3.05) is 0 Å². The van der Waals surface area contributed by atoms with Crippen molar-refractivity contribution >= 4 is 41.1 Å². The summed E-state index contributed by atoms with van der Waals surface area (Å²) < 4.78 is 6.38. The van der Waals surface area contributed by atoms with E-state index in [1.54, 1.807) is 0 Å². The first-order valence-electron chi connectivity index (χ1n) is 15.4. The number of carbonyl (C=O) groups excluding carboxylic acids is 1. The molecule has 2 heterocycles. The molecule has 43 heavy (non-hydrogen) atoms. The molecule has 0 fully saturated rings. The number of benzene rings is 2. The maximum atomic E-state index is 12.2. The fourth-order valence-electron chi connectivity index (χ4n) is 4.99. The van der Waals surface area contributed by atoms with E-state index in [0.717, 1.165) is 69.8 Å². The maximum absolute atomic E-state index is 12.2. The summed E-state index contributed by atoms with van der Waals surface area (Å²) in [4.78, 5) is 17.2. The summed E-state index contributed by atoms with van der Waals surface area (Å²) in [5, 5.41) is 13.4. The third-order valence-corrected chi connectivity index (χ3v) is 10.8. The molecule has 0 aliphatic heterocycles. The van der Waals surface area contributed by atoms with Gasteiger partial charge in [0.1, 0.15) is 19.4 Å². The zero-order valence-corrected chi connectivity index (χ0v) is 31.4. The number of ketones is 1. The van der Waals surface area contributed by atoms with Crippen molar-refractivity contribution in [3.05, 3.63) is 71.5 Å². The van der Waals surface area contributed by atoms with Crippen LogP contribution < -0.4 is 5.38 Å². The van der Waals surface area contributed by atoms with Crippen LogP contribution in [0.25, 0.3) is 33.1 Å². The number of furan rings is 1. The van der Waals surface area contributed by atoms with E-state index in [2.05, 4.69) is 69.9 Å². The van der Waals surface area contributed by atoms with Gasteiger partial charge in [-0.2, -0.15) is 0 Å². The fraction of sp³-hybridized carbons (Fsp3) is 0.459. The van der Waals surface area contributed by atoms with E-state index < -0.39 is 8.07 Å². The van der Waals surface area contributed by atoms with Gasteiger partial charge < -0.3 is 9.52 Å². The SMILES string of the molecule is CCC(C)(CC)C(=O)/C=C(\O)C(C)(CC)CC.Cc1[c-]c(-c2nc3ccccc3c3oc([Si](C)(C)C)cc23)cc(C)c1.[Ir]. The number of para-hydroxylation sites is 1. The van der Waals surface area contributed by atoms with E-state index in [0.29, 0.717) is 0 Å². The number of aliphatic hydroxyl groups excluding tert-OH is 1. The van der Waals surface area contributed by atoms with E-state index in [9.17, 15) is 9.90 Å². The molecule has 2 aromatic carbocycles. The summed E-state index contributed by atoms with van der Waals surface area (Å²) in [6.45, 7) is 23.2. The zero-order chi connectivity index (χ0) is 31.5. The summed E-state index contributed by atoms with van der Waals surface area (Å²) in [6.07, 6.45) is 4.75. The number of carbonyl (C=O) groups is 1. The fourth-order valence-corrected chi connectivity index (χ4v) is 5.98. The zero-order valence-electron chi connectivity index (χ0n) is 28.0. The average Bonchev–Trinajstić information content (AvgIpc) is 3.42. The predicted molar refractivity (Wildman–Crippen MR) is 181 cm³/mol. The molecule has 0 unspecified atom stereocenters. The van der Waals surface area contributed by atoms with E-state index in [1.165, 1.54) is 11.6 Å². The molecule has 0 spiro atoms. The number of aryl methyl sites for hydroxylation is 2. The second-order valence-corrected chi connectivity index (χ2v) is 18.3. The number of allylic oxidation sites excluding steroid dienone is 2. The molecule has 0 aliphatic carbocycles. The number of rotatable bonds is 9. The predicted octanol–water partition coefficient (Wildman–Crippen LogP) is 10.3. The Balaban J connectivity index is 0.000000318. The topological polar surface area (TPSA) is 63.3 Å². The van der Waals surface area contributed by atoms with Crippen LogP contribution in [0.4, 0.5) is 0 Å². The van der Waals surface area contributed by atoms with Crippen LogP contribution in [0.3, 0.4) is 0 Å². The molecular weight excluding hydrogens is 727 g/mol. The molecule has 0 atom stereocenters. The number of aliphatic hydroxyl groups is 1. The Morgan fingerprint density at radius 2 is 1.51 bits per heavy atom. The molecular formula is C37H50IrNO3Si-. The number of nitrogens with zero attached hydrogens (tertiary/aromatic N) is 1. The van der Waals surface area contributed by atoms with Crippen molar-refractivity contribution in [2.45, 2.75) is 101 Å². The van der Waals surface area contributed by atoms with Crippen LogP contribution in [0.5, 0.6) is 0 Å². The van der Waals surface area contributed by atoms with Crippen LogP contribution in [-0.2, 0) is 24.9 Å². The van der Waals surface area contributed by atoms with Crippen molar-refractivity contribution in [1.29, 1.82) is 0 Å². The third kappa shape index (κ3) is 8.15. The van der Waals surface area contributed by atoms with Crippen molar-refractivity contribution in [1.82, 2.24) is 4.98 Å². The number of fused-ring (bicyclic) bond motifs is 3. The molecule has 0 saturated carbocycles. The minimum Gasteiger partial charge on any atom is -0.512 e. The van der Waals surface area contributed by atoms with Crippen LogP contribution >= 0.6 is 0 Å². The molecule has 4 nitrogen and oxygen atoms in total. The molecule has 1 radical (unpaired) electrons. The van der Waals surface area contributed by atoms with Crippen LogP contribution in [-0.4, -0.2) is 23.9 Å². The van der Waals surface area contributed by atoms with Crippen LogP contribution in [0.15, 0.2) is 58.7 Å². The molecule has 0 aliphatic rings. The second-order valence-electron chi connectivity index (χ2n) is 13.3. The standard InChI is InChI=1S/C22H22NOSi.C15H28O2.Ir/c1-14-10-15(2)12-16(11-14)21-18-13-20(25(3,4)5)24-22(18)17-8-6-7-9-19(17)23-21;1-7-14(5,8-2)12(16)11-13(17)15(6,9-3)10-4;/h6-11,13H,1-5H3;11,16H,7-10H2,1-6H3;/q-1;;/b;12-11-;. The minimum atomic E-state index is -1.55. The summed E-state index contributed by atoms with van der Waals surface area (Å²) >= 11 is 0. The second kappa shape index (κ2) is 14.5. The Hall–Kier alpha value is -2.53. The van der Waals surface area contributed by atoms with Gasteiger partial charge in [-0.25, -0.2) is 0 Å². The Bertz CT molecular complexity index is 1570. The van der Waals surface area contributed by atoms with Crippen LogP contribution in [0.2, 0.25) is 19.6 Å². The quantitative estimate of drug-likeness (QED) is 0.0796. The van der Waals surface area contributed by atoms with Gasteiger partial charge in [0.2, 0.25) is 0 Å². The van der Waals surface area contributed by atoms with E-state index in [1.807, 2.05) is 53.7 Å². The monoisotopic (exact) mass is 777 g/mol. The number of aromatic nitrogens is 1. The van der Waals surface area contributed by atoms with Crippen molar-refractivity contribution in [3.63, 3.8) is 0 Å². The number of hydrogen-bond donors (Lipinski definition) is 1. The Kier molecular flexibility index (Phi) is 12.4. The summed E-state index contributed by atoms with van der Waals surface area (Å²) in [6, 6.07) is 18.2. The van der Waals surface area contributed by atoms with Gasteiger partial charge in [0.05, 0.1) is 10.9 Å². The van der Waals surface area contributed by atoms with E-state index >= 15 is 0 Å². The third-order valence-electron chi connectivity index (χ3n) is 9.11. The number of hydrogen-bond acceptors (Lipinski definition) is 4. The van der Waals surface area contributed by atoms with Crippen molar-refractivity contribution in [2.24, 2.45) is 10.8 Å². The Morgan fingerprint density at radius 1 is 0.930 bits per heavy atom. The first-order chi connectivity index (χ1) is 19.6. The van der Waals surface area contributed by atoms with Gasteiger partial charge in [-0.05, 0) is 49.6 Å². The first kappa shape index (κ1) is 36.7. The summed E-state index contributed by atoms with van der Waals surface area (Å²) in [7, 11) is -1.55. The smallest absolute Gasteiger partial charge is 0.164 e. The molecule has 6 heteroatoms. The van der Waals surface area contributed by atoms with Gasteiger partial charge >= 0.3 is 0 Å². The average molecular weight is 777 g/mol. The molecule has 0 saturated heterocycles. The van der Waals surface area contributed by atoms with Crippen LogP contribution in [0, 0.1) is 30.7 Å². The molecule has 1 N–H and O–H groups in total. The van der Waals surface area contributed by atoms with Crippen molar-refractivity contribution < 1.29 is 34.4 Å². The largest absolute Gasteiger partial charge is 0.512 e. The van der Waals surface area contributed by atoms with Gasteiger partial charge in [0.15, 0.2) is 5.78 Å². The van der Waals surface area contributed by atoms with Gasteiger partial charge in [0, 0.05) is 47.8 Å². The maximum Gasteiger partial charge on any atom is 0.164 e. The summed E-state index contributed by atoms with van der Waals surface area (Å²) in [5.74, 6) is 0.286. The van der Waals surface area contributed by atoms with Gasteiger partial charge in [-0.15, -0.1) is 34.9 Å². The van der Waals surface area contributed by atoms with Gasteiger partial charge in [-0.1, -0.05) is 87.2 Å². The molecule has 4 rings (SSSR count). The Morgan fingerprint density at radius 3 is 2.05 bits per heavy atom. The molecule has 2 aromatic heterocycles. The van der Waals surface area contributed by atoms with E-state index in [-0.39, 0.29) is 42.5 Å². The van der Waals surface area contributed by atoms with Gasteiger partial charge in [0.25, 0.3) is 0 Å². The first-order valence-corrected chi connectivity index (χ1v) is 18.9. The molecule has 4 aromatic rings. The minimum absolute atomic E-state index is 0. The molecule has 0 bridgehead atoms. The molecule has 235 valence electrons. The van der Waals surface area contributed by atoms with Crippen molar-refractivity contribution in [3.8, 4) is 11.3 Å².